The summed E-state index contributed by atoms with van der Waals surface area (Å²) in [4.78, 5) is 10.9. The lowest BCUT2D eigenvalue weighted by Crippen LogP contribution is -2.70. The van der Waals surface area contributed by atoms with Crippen molar-refractivity contribution < 1.29 is 66.6 Å². The minimum Gasteiger partial charge on any atom is -0.392 e. The van der Waals surface area contributed by atoms with E-state index in [9.17, 15) is 61.9 Å². The minimum absolute atomic E-state index is 0.220. The van der Waals surface area contributed by atoms with Crippen LogP contribution in [0.25, 0.3) is 0 Å². The zero-order valence-corrected chi connectivity index (χ0v) is 13.1. The van der Waals surface area contributed by atoms with E-state index in [1.54, 1.807) is 0 Å². The first-order valence-electron chi connectivity index (χ1n) is 6.16. The maximum atomic E-state index is 13.2. The first kappa shape index (κ1) is 25.6. The van der Waals surface area contributed by atoms with Gasteiger partial charge >= 0.3 is 41.9 Å². The molecular formula is C11H6ClF13O2. The highest BCUT2D eigenvalue weighted by Crippen LogP contribution is 2.60. The van der Waals surface area contributed by atoms with Crippen molar-refractivity contribution in [3.63, 3.8) is 0 Å². The summed E-state index contributed by atoms with van der Waals surface area (Å²) in [5.74, 6) is -34.3. The predicted molar refractivity (Wildman–Crippen MR) is 61.1 cm³/mol. The molecule has 0 aliphatic carbocycles. The number of carbonyl (C=O) groups is 1. The molecule has 0 aromatic heterocycles. The number of alkyl halides is 13. The molecule has 0 aromatic rings. The quantitative estimate of drug-likeness (QED) is 0.279. The van der Waals surface area contributed by atoms with Gasteiger partial charge in [-0.05, 0) is 6.42 Å². The molecule has 0 atom stereocenters. The molecule has 16 heteroatoms. The van der Waals surface area contributed by atoms with E-state index in [4.69, 9.17) is 11.6 Å². The molecule has 0 aliphatic rings. The highest BCUT2D eigenvalue weighted by Gasteiger charge is 2.91. The van der Waals surface area contributed by atoms with E-state index in [-0.39, 0.29) is 6.42 Å². The van der Waals surface area contributed by atoms with Gasteiger partial charge in [-0.2, -0.15) is 57.1 Å². The van der Waals surface area contributed by atoms with Crippen molar-refractivity contribution in [2.75, 3.05) is 0 Å². The smallest absolute Gasteiger partial charge is 0.392 e. The topological polar surface area (TPSA) is 26.3 Å². The SMILES string of the molecule is CCC=C(Cl)C(=O)OC(F)(F)C(F)(F)C(F)(F)C(F)(F)C(F)(F)C(F)(F)F. The van der Waals surface area contributed by atoms with Crippen molar-refractivity contribution in [2.45, 2.75) is 49.3 Å². The van der Waals surface area contributed by atoms with Crippen LogP contribution in [0.5, 0.6) is 0 Å². The lowest BCUT2D eigenvalue weighted by molar-refractivity contribution is -0.460. The average Bonchev–Trinajstić information content (AvgIpc) is 2.44. The Hall–Kier alpha value is -1.41. The molecule has 0 bridgehead atoms. The Kier molecular flexibility index (Phi) is 6.83. The Labute approximate surface area is 145 Å². The van der Waals surface area contributed by atoms with Gasteiger partial charge in [0.05, 0.1) is 0 Å². The zero-order valence-electron chi connectivity index (χ0n) is 12.4. The number of ether oxygens (including phenoxy) is 1. The van der Waals surface area contributed by atoms with Gasteiger partial charge in [0, 0.05) is 0 Å². The number of carbonyl (C=O) groups excluding carboxylic acids is 1. The highest BCUT2D eigenvalue weighted by atomic mass is 35.5. The summed E-state index contributed by atoms with van der Waals surface area (Å²) in [5, 5.41) is -1.41. The summed E-state index contributed by atoms with van der Waals surface area (Å²) >= 11 is 4.93. The van der Waals surface area contributed by atoms with Gasteiger partial charge in [-0.25, -0.2) is 4.79 Å². The summed E-state index contributed by atoms with van der Waals surface area (Å²) in [6.45, 7) is 1.20. The molecule has 0 saturated heterocycles. The molecule has 160 valence electrons. The molecule has 0 heterocycles. The second-order valence-electron chi connectivity index (χ2n) is 4.66. The van der Waals surface area contributed by atoms with Crippen molar-refractivity contribution in [1.82, 2.24) is 0 Å². The molecule has 0 radical (unpaired) electrons. The highest BCUT2D eigenvalue weighted by molar-refractivity contribution is 6.41. The van der Waals surface area contributed by atoms with Crippen LogP contribution in [0.15, 0.2) is 11.1 Å². The van der Waals surface area contributed by atoms with Gasteiger partial charge in [0.15, 0.2) is 0 Å². The summed E-state index contributed by atoms with van der Waals surface area (Å²) in [5.41, 5.74) is 0. The van der Waals surface area contributed by atoms with Crippen LogP contribution in [0.1, 0.15) is 13.3 Å². The third-order valence-electron chi connectivity index (χ3n) is 2.70. The fourth-order valence-corrected chi connectivity index (χ4v) is 1.44. The standard InChI is InChI=1S/C11H6ClF13O2/c1-2-3-4(12)5(26)27-11(24,25)9(19,20)7(15,16)6(13,14)8(17,18)10(21,22)23/h3H,2H2,1H3. The molecule has 0 unspecified atom stereocenters. The normalized spacial score (nSPS) is 15.7. The van der Waals surface area contributed by atoms with Crippen LogP contribution in [0, 0.1) is 0 Å². The molecule has 0 N–H and O–H groups in total. The van der Waals surface area contributed by atoms with Crippen LogP contribution >= 0.6 is 11.6 Å². The molecule has 0 aromatic carbocycles. The molecule has 2 nitrogen and oxygen atoms in total. The monoisotopic (exact) mass is 452 g/mol. The Bertz CT molecular complexity index is 594. The molecule has 27 heavy (non-hydrogen) atoms. The molecular weight excluding hydrogens is 447 g/mol. The van der Waals surface area contributed by atoms with Crippen LogP contribution in [0.3, 0.4) is 0 Å². The number of hydrogen-bond donors (Lipinski definition) is 0. The molecule has 0 amide bonds. The summed E-state index contributed by atoms with van der Waals surface area (Å²) < 4.78 is 168. The Balaban J connectivity index is 6.16. The van der Waals surface area contributed by atoms with E-state index in [0.717, 1.165) is 0 Å². The van der Waals surface area contributed by atoms with Crippen LogP contribution in [0.2, 0.25) is 0 Å². The van der Waals surface area contributed by atoms with Crippen LogP contribution < -0.4 is 0 Å². The maximum absolute atomic E-state index is 13.2. The molecule has 0 saturated carbocycles. The Morgan fingerprint density at radius 1 is 0.778 bits per heavy atom. The van der Waals surface area contributed by atoms with E-state index >= 15 is 0 Å². The van der Waals surface area contributed by atoms with E-state index in [1.807, 2.05) is 0 Å². The molecule has 0 spiro atoms. The van der Waals surface area contributed by atoms with Crippen molar-refractivity contribution in [2.24, 2.45) is 0 Å². The number of rotatable bonds is 7. The number of halogens is 14. The fourth-order valence-electron chi connectivity index (χ4n) is 1.25. The van der Waals surface area contributed by atoms with Gasteiger partial charge in [0.2, 0.25) is 0 Å². The van der Waals surface area contributed by atoms with Gasteiger partial charge in [0.1, 0.15) is 5.03 Å². The fraction of sp³-hybridized carbons (Fsp3) is 0.727. The number of hydrogen-bond acceptors (Lipinski definition) is 2. The van der Waals surface area contributed by atoms with Crippen molar-refractivity contribution in [3.05, 3.63) is 11.1 Å². The summed E-state index contributed by atoms with van der Waals surface area (Å²) in [6.07, 6.45) is -14.2. The van der Waals surface area contributed by atoms with Crippen molar-refractivity contribution in [3.8, 4) is 0 Å². The third kappa shape index (κ3) is 4.06. The van der Waals surface area contributed by atoms with E-state index in [1.165, 1.54) is 6.92 Å². The molecule has 0 fully saturated rings. The van der Waals surface area contributed by atoms with Gasteiger partial charge < -0.3 is 4.74 Å². The average molecular weight is 453 g/mol. The van der Waals surface area contributed by atoms with Gasteiger partial charge in [-0.1, -0.05) is 24.6 Å². The van der Waals surface area contributed by atoms with Gasteiger partial charge in [-0.15, -0.1) is 0 Å². The number of allylic oxidation sites excluding steroid dienone is 1. The lowest BCUT2D eigenvalue weighted by Gasteiger charge is -2.38. The van der Waals surface area contributed by atoms with E-state index < -0.39 is 47.0 Å². The largest absolute Gasteiger partial charge is 0.473 e. The van der Waals surface area contributed by atoms with E-state index in [2.05, 4.69) is 4.74 Å². The molecule has 0 aliphatic heterocycles. The van der Waals surface area contributed by atoms with Crippen molar-refractivity contribution >= 4 is 17.6 Å². The van der Waals surface area contributed by atoms with E-state index in [0.29, 0.717) is 6.08 Å². The second-order valence-corrected chi connectivity index (χ2v) is 5.07. The predicted octanol–water partition coefficient (Wildman–Crippen LogP) is 5.76. The third-order valence-corrected chi connectivity index (χ3v) is 3.01. The van der Waals surface area contributed by atoms with Crippen LogP contribution in [0.4, 0.5) is 57.1 Å². The summed E-state index contributed by atoms with van der Waals surface area (Å²) in [7, 11) is 0. The molecule has 0 rings (SSSR count). The first-order chi connectivity index (χ1) is 11.6. The van der Waals surface area contributed by atoms with Crippen molar-refractivity contribution in [1.29, 1.82) is 0 Å². The van der Waals surface area contributed by atoms with Gasteiger partial charge in [0.25, 0.3) is 0 Å². The van der Waals surface area contributed by atoms with Crippen LogP contribution in [-0.2, 0) is 9.53 Å². The second kappa shape index (κ2) is 7.20. The maximum Gasteiger partial charge on any atom is 0.473 e. The Morgan fingerprint density at radius 2 is 1.15 bits per heavy atom. The first-order valence-corrected chi connectivity index (χ1v) is 6.54. The summed E-state index contributed by atoms with van der Waals surface area (Å²) in [6, 6.07) is 0. The Morgan fingerprint density at radius 3 is 1.48 bits per heavy atom. The van der Waals surface area contributed by atoms with Crippen LogP contribution in [-0.4, -0.2) is 41.9 Å². The zero-order chi connectivity index (χ0) is 22.3. The number of esters is 1. The minimum atomic E-state index is -8.07. The lowest BCUT2D eigenvalue weighted by atomic mass is 9.97. The van der Waals surface area contributed by atoms with Gasteiger partial charge in [-0.3, -0.25) is 0 Å².